The van der Waals surface area contributed by atoms with Crippen LogP contribution >= 0.6 is 0 Å². The van der Waals surface area contributed by atoms with E-state index in [2.05, 4.69) is 25.1 Å². The third-order valence-electron chi connectivity index (χ3n) is 3.05. The molecule has 3 heteroatoms. The van der Waals surface area contributed by atoms with Crippen LogP contribution in [-0.4, -0.2) is 24.4 Å². The second kappa shape index (κ2) is 7.94. The van der Waals surface area contributed by atoms with Gasteiger partial charge in [-0.2, -0.15) is 0 Å². The number of para-hydroxylation sites is 1. The normalized spacial score (nSPS) is 12.8. The number of aliphatic hydroxyl groups is 1. The minimum Gasteiger partial charge on any atom is -0.481 e. The zero-order chi connectivity index (χ0) is 15.0. The van der Waals surface area contributed by atoms with Crippen LogP contribution in [0.25, 0.3) is 0 Å². The van der Waals surface area contributed by atoms with Gasteiger partial charge in [-0.3, -0.25) is 0 Å². The summed E-state index contributed by atoms with van der Waals surface area (Å²) in [7, 11) is 0. The minimum absolute atomic E-state index is 0.0583. The summed E-state index contributed by atoms with van der Waals surface area (Å²) in [5.74, 6) is 3.30. The molecule has 0 radical (unpaired) electrons. The second-order valence-electron chi connectivity index (χ2n) is 5.92. The molecule has 0 fully saturated rings. The number of ether oxygens (including phenoxy) is 1. The van der Waals surface area contributed by atoms with Crippen LogP contribution < -0.4 is 10.1 Å². The Morgan fingerprint density at radius 1 is 1.40 bits per heavy atom. The van der Waals surface area contributed by atoms with Crippen molar-refractivity contribution >= 4 is 0 Å². The van der Waals surface area contributed by atoms with Gasteiger partial charge >= 0.3 is 0 Å². The molecule has 0 spiro atoms. The average molecular weight is 275 g/mol. The largest absolute Gasteiger partial charge is 0.481 e. The Labute approximate surface area is 122 Å². The maximum atomic E-state index is 9.48. The Bertz CT molecular complexity index is 447. The first kappa shape index (κ1) is 16.6. The van der Waals surface area contributed by atoms with E-state index in [-0.39, 0.29) is 18.1 Å². The Balaban J connectivity index is 2.51. The van der Waals surface area contributed by atoms with Crippen LogP contribution in [0, 0.1) is 17.8 Å². The lowest BCUT2D eigenvalue weighted by Gasteiger charge is -2.26. The summed E-state index contributed by atoms with van der Waals surface area (Å²) in [4.78, 5) is 0. The maximum Gasteiger partial charge on any atom is 0.148 e. The highest BCUT2D eigenvalue weighted by atomic mass is 16.5. The van der Waals surface area contributed by atoms with E-state index in [9.17, 15) is 5.11 Å². The van der Waals surface area contributed by atoms with Gasteiger partial charge in [-0.05, 0) is 24.8 Å². The molecule has 1 atom stereocenters. The fraction of sp³-hybridized carbons (Fsp3) is 0.529. The number of aliphatic hydroxyl groups excluding tert-OH is 1. The summed E-state index contributed by atoms with van der Waals surface area (Å²) < 4.78 is 5.52. The number of terminal acetylenes is 1. The third-order valence-corrected chi connectivity index (χ3v) is 3.05. The molecule has 20 heavy (non-hydrogen) atoms. The van der Waals surface area contributed by atoms with Crippen molar-refractivity contribution in [3.8, 4) is 18.1 Å². The quantitative estimate of drug-likeness (QED) is 0.717. The van der Waals surface area contributed by atoms with E-state index in [0.717, 1.165) is 30.8 Å². The molecule has 110 valence electrons. The highest BCUT2D eigenvalue weighted by Gasteiger charge is 2.19. The molecule has 0 saturated carbocycles. The molecule has 2 N–H and O–H groups in total. The molecule has 0 heterocycles. The first-order valence-electron chi connectivity index (χ1n) is 6.97. The molecule has 1 unspecified atom stereocenters. The van der Waals surface area contributed by atoms with Crippen molar-refractivity contribution < 1.29 is 9.84 Å². The van der Waals surface area contributed by atoms with Gasteiger partial charge in [-0.1, -0.05) is 38.0 Å². The van der Waals surface area contributed by atoms with E-state index in [4.69, 9.17) is 11.2 Å². The van der Waals surface area contributed by atoms with Gasteiger partial charge in [0.2, 0.25) is 0 Å². The van der Waals surface area contributed by atoms with Crippen LogP contribution in [0.15, 0.2) is 24.3 Å². The molecule has 0 aliphatic heterocycles. The van der Waals surface area contributed by atoms with Gasteiger partial charge in [0.25, 0.3) is 0 Å². The van der Waals surface area contributed by atoms with Crippen LogP contribution in [0.3, 0.4) is 0 Å². The summed E-state index contributed by atoms with van der Waals surface area (Å²) in [6.45, 7) is 7.96. The molecule has 0 amide bonds. The third kappa shape index (κ3) is 6.10. The molecule has 0 bridgehead atoms. The number of hydrogen-bond donors (Lipinski definition) is 2. The molecular weight excluding hydrogens is 250 g/mol. The van der Waals surface area contributed by atoms with Crippen LogP contribution in [-0.2, 0) is 6.54 Å². The van der Waals surface area contributed by atoms with E-state index in [1.54, 1.807) is 0 Å². The molecule has 0 aliphatic rings. The van der Waals surface area contributed by atoms with Crippen LogP contribution in [0.2, 0.25) is 0 Å². The van der Waals surface area contributed by atoms with Crippen molar-refractivity contribution in [1.29, 1.82) is 0 Å². The van der Waals surface area contributed by atoms with Crippen molar-refractivity contribution in [2.24, 2.45) is 5.41 Å². The Kier molecular flexibility index (Phi) is 6.57. The van der Waals surface area contributed by atoms with Gasteiger partial charge in [0.05, 0.1) is 6.10 Å². The van der Waals surface area contributed by atoms with E-state index in [0.29, 0.717) is 0 Å². The molecule has 0 aromatic heterocycles. The van der Waals surface area contributed by atoms with Gasteiger partial charge < -0.3 is 15.2 Å². The molecule has 0 saturated heterocycles. The predicted octanol–water partition coefficient (Wildman–Crippen LogP) is 2.59. The SMILES string of the molecule is C#CCOc1ccccc1CNCC(C)(C)CC(C)O. The fourth-order valence-corrected chi connectivity index (χ4v) is 2.32. The van der Waals surface area contributed by atoms with Gasteiger partial charge in [0, 0.05) is 18.7 Å². The van der Waals surface area contributed by atoms with E-state index in [1.165, 1.54) is 0 Å². The monoisotopic (exact) mass is 275 g/mol. The Hall–Kier alpha value is -1.50. The number of hydrogen-bond acceptors (Lipinski definition) is 3. The predicted molar refractivity (Wildman–Crippen MR) is 82.6 cm³/mol. The Morgan fingerprint density at radius 2 is 2.10 bits per heavy atom. The van der Waals surface area contributed by atoms with Crippen molar-refractivity contribution in [2.75, 3.05) is 13.2 Å². The van der Waals surface area contributed by atoms with Gasteiger partial charge in [0.15, 0.2) is 0 Å². The lowest BCUT2D eigenvalue weighted by molar-refractivity contribution is 0.128. The van der Waals surface area contributed by atoms with Gasteiger partial charge in [0.1, 0.15) is 12.4 Å². The first-order valence-corrected chi connectivity index (χ1v) is 6.97. The molecule has 3 nitrogen and oxygen atoms in total. The summed E-state index contributed by atoms with van der Waals surface area (Å²) in [5.41, 5.74) is 1.15. The topological polar surface area (TPSA) is 41.5 Å². The highest BCUT2D eigenvalue weighted by molar-refractivity contribution is 5.33. The lowest BCUT2D eigenvalue weighted by atomic mass is 9.87. The zero-order valence-corrected chi connectivity index (χ0v) is 12.6. The van der Waals surface area contributed by atoms with Crippen molar-refractivity contribution in [2.45, 2.75) is 39.8 Å². The number of rotatable bonds is 8. The Morgan fingerprint density at radius 3 is 2.75 bits per heavy atom. The summed E-state index contributed by atoms with van der Waals surface area (Å²) >= 11 is 0. The smallest absolute Gasteiger partial charge is 0.148 e. The van der Waals surface area contributed by atoms with Crippen molar-refractivity contribution in [3.05, 3.63) is 29.8 Å². The van der Waals surface area contributed by atoms with Crippen molar-refractivity contribution in [1.82, 2.24) is 5.32 Å². The van der Waals surface area contributed by atoms with E-state index < -0.39 is 0 Å². The van der Waals surface area contributed by atoms with E-state index >= 15 is 0 Å². The zero-order valence-electron chi connectivity index (χ0n) is 12.6. The molecule has 0 aliphatic carbocycles. The average Bonchev–Trinajstić information content (AvgIpc) is 2.36. The summed E-state index contributed by atoms with van der Waals surface area (Å²) in [5, 5.41) is 12.9. The van der Waals surface area contributed by atoms with Gasteiger partial charge in [-0.25, -0.2) is 0 Å². The lowest BCUT2D eigenvalue weighted by Crippen LogP contribution is -2.31. The van der Waals surface area contributed by atoms with Crippen LogP contribution in [0.4, 0.5) is 0 Å². The first-order chi connectivity index (χ1) is 9.44. The molecule has 1 rings (SSSR count). The number of benzene rings is 1. The minimum atomic E-state index is -0.280. The summed E-state index contributed by atoms with van der Waals surface area (Å²) in [6, 6.07) is 7.88. The second-order valence-corrected chi connectivity index (χ2v) is 5.92. The molecular formula is C17H25NO2. The fourth-order valence-electron chi connectivity index (χ4n) is 2.32. The molecule has 1 aromatic carbocycles. The molecule has 1 aromatic rings. The van der Waals surface area contributed by atoms with Crippen LogP contribution in [0.1, 0.15) is 32.8 Å². The summed E-state index contributed by atoms with van der Waals surface area (Å²) in [6.07, 6.45) is 5.71. The van der Waals surface area contributed by atoms with E-state index in [1.807, 2.05) is 31.2 Å². The van der Waals surface area contributed by atoms with Gasteiger partial charge in [-0.15, -0.1) is 6.42 Å². The van der Waals surface area contributed by atoms with Crippen molar-refractivity contribution in [3.63, 3.8) is 0 Å². The highest BCUT2D eigenvalue weighted by Crippen LogP contribution is 2.22. The van der Waals surface area contributed by atoms with Crippen LogP contribution in [0.5, 0.6) is 5.75 Å². The standard InChI is InChI=1S/C17H25NO2/c1-5-10-20-16-9-7-6-8-15(16)12-18-13-17(3,4)11-14(2)19/h1,6-9,14,18-19H,10-13H2,2-4H3. The number of nitrogens with one attached hydrogen (secondary N) is 1. The maximum absolute atomic E-state index is 9.48.